The van der Waals surface area contributed by atoms with Gasteiger partial charge in [-0.3, -0.25) is 10.1 Å². The van der Waals surface area contributed by atoms with Crippen molar-refractivity contribution in [1.82, 2.24) is 0 Å². The van der Waals surface area contributed by atoms with Gasteiger partial charge in [0, 0.05) is 9.40 Å². The number of nitrogens with zero attached hydrogens (tertiary/aromatic N) is 1. The van der Waals surface area contributed by atoms with E-state index >= 15 is 0 Å². The summed E-state index contributed by atoms with van der Waals surface area (Å²) in [5.41, 5.74) is 0.212. The van der Waals surface area contributed by atoms with E-state index in [-0.39, 0.29) is 11.3 Å². The molecule has 0 aliphatic carbocycles. The molecule has 0 amide bonds. The van der Waals surface area contributed by atoms with Gasteiger partial charge in [0.05, 0.1) is 12.7 Å². The third-order valence-corrected chi connectivity index (χ3v) is 2.05. The number of hydrogen-bond donors (Lipinski definition) is 0. The number of benzene rings is 1. The lowest BCUT2D eigenvalue weighted by molar-refractivity contribution is -0.497. The predicted octanol–water partition coefficient (Wildman–Crippen LogP) is 2.37. The Kier molecular flexibility index (Phi) is 3.40. The normalized spacial score (nSPS) is 9.93. The topological polar surface area (TPSA) is 52.4 Å². The summed E-state index contributed by atoms with van der Waals surface area (Å²) in [6, 6.07) is 2.66. The summed E-state index contributed by atoms with van der Waals surface area (Å²) in [5.74, 6) is -0.691. The van der Waals surface area contributed by atoms with Gasteiger partial charge >= 0.3 is 0 Å². The van der Waals surface area contributed by atoms with Crippen molar-refractivity contribution in [3.05, 3.63) is 38.1 Å². The average Bonchev–Trinajstić information content (AvgIpc) is 2.01. The summed E-state index contributed by atoms with van der Waals surface area (Å²) >= 11 is 3.05. The standard InChI is InChI=1S/C8H7BrFNO3/c1-14-8-5(4-11(12)13)2-6(9)3-7(8)10/h2-3H,4H2,1H3. The first-order valence-electron chi connectivity index (χ1n) is 3.68. The number of nitro groups is 1. The molecular weight excluding hydrogens is 257 g/mol. The van der Waals surface area contributed by atoms with Gasteiger partial charge in [0.25, 0.3) is 0 Å². The minimum absolute atomic E-state index is 0.0788. The maximum atomic E-state index is 13.2. The molecular formula is C8H7BrFNO3. The van der Waals surface area contributed by atoms with Crippen molar-refractivity contribution >= 4 is 15.9 Å². The number of ether oxygens (including phenoxy) is 1. The second-order valence-corrected chi connectivity index (χ2v) is 3.49. The van der Waals surface area contributed by atoms with Gasteiger partial charge in [0.2, 0.25) is 6.54 Å². The van der Waals surface area contributed by atoms with Crippen LogP contribution in [0.5, 0.6) is 5.75 Å². The second-order valence-electron chi connectivity index (χ2n) is 2.57. The fourth-order valence-electron chi connectivity index (χ4n) is 1.10. The molecule has 0 N–H and O–H groups in total. The van der Waals surface area contributed by atoms with Crippen LogP contribution in [0.4, 0.5) is 4.39 Å². The van der Waals surface area contributed by atoms with Crippen LogP contribution in [0.15, 0.2) is 16.6 Å². The molecule has 0 heterocycles. The van der Waals surface area contributed by atoms with Crippen LogP contribution in [0.1, 0.15) is 5.56 Å². The average molecular weight is 264 g/mol. The largest absolute Gasteiger partial charge is 0.493 e. The van der Waals surface area contributed by atoms with Crippen molar-refractivity contribution in [3.63, 3.8) is 0 Å². The van der Waals surface area contributed by atoms with Gasteiger partial charge in [-0.05, 0) is 12.1 Å². The molecule has 0 unspecified atom stereocenters. The molecule has 1 rings (SSSR count). The van der Waals surface area contributed by atoms with Crippen LogP contribution in [0.25, 0.3) is 0 Å². The Labute approximate surface area is 88.0 Å². The van der Waals surface area contributed by atoms with Crippen molar-refractivity contribution in [2.75, 3.05) is 7.11 Å². The zero-order chi connectivity index (χ0) is 10.7. The molecule has 6 heteroatoms. The molecule has 0 aliphatic rings. The molecule has 0 fully saturated rings. The van der Waals surface area contributed by atoms with E-state index in [0.29, 0.717) is 4.47 Å². The summed E-state index contributed by atoms with van der Waals surface area (Å²) < 4.78 is 18.4. The van der Waals surface area contributed by atoms with Crippen molar-refractivity contribution < 1.29 is 14.1 Å². The molecule has 0 saturated heterocycles. The lowest BCUT2D eigenvalue weighted by atomic mass is 10.2. The highest BCUT2D eigenvalue weighted by molar-refractivity contribution is 9.10. The van der Waals surface area contributed by atoms with E-state index in [4.69, 9.17) is 4.74 Å². The predicted molar refractivity (Wildman–Crippen MR) is 51.4 cm³/mol. The maximum absolute atomic E-state index is 13.2. The molecule has 0 spiro atoms. The Morgan fingerprint density at radius 3 is 2.79 bits per heavy atom. The highest BCUT2D eigenvalue weighted by atomic mass is 79.9. The molecule has 0 atom stereocenters. The SMILES string of the molecule is COc1c(F)cc(Br)cc1C[N+](=O)[O-]. The molecule has 0 bridgehead atoms. The smallest absolute Gasteiger partial charge is 0.232 e. The number of halogens is 2. The Bertz CT molecular complexity index is 370. The molecule has 0 aliphatic heterocycles. The zero-order valence-corrected chi connectivity index (χ0v) is 8.88. The van der Waals surface area contributed by atoms with E-state index in [2.05, 4.69) is 15.9 Å². The van der Waals surface area contributed by atoms with Gasteiger partial charge in [-0.1, -0.05) is 15.9 Å². The highest BCUT2D eigenvalue weighted by Crippen LogP contribution is 2.27. The molecule has 0 aromatic heterocycles. The number of methoxy groups -OCH3 is 1. The van der Waals surface area contributed by atoms with Crippen molar-refractivity contribution in [1.29, 1.82) is 0 Å². The number of rotatable bonds is 3. The monoisotopic (exact) mass is 263 g/mol. The molecule has 1 aromatic rings. The molecule has 4 nitrogen and oxygen atoms in total. The summed E-state index contributed by atoms with van der Waals surface area (Å²) in [6.07, 6.45) is 0. The van der Waals surface area contributed by atoms with Crippen LogP contribution >= 0.6 is 15.9 Å². The maximum Gasteiger partial charge on any atom is 0.232 e. The molecule has 1 aromatic carbocycles. The van der Waals surface area contributed by atoms with Crippen LogP contribution in [0.2, 0.25) is 0 Å². The van der Waals surface area contributed by atoms with Crippen LogP contribution < -0.4 is 4.74 Å². The van der Waals surface area contributed by atoms with Gasteiger partial charge in [-0.2, -0.15) is 0 Å². The van der Waals surface area contributed by atoms with E-state index in [1.54, 1.807) is 0 Å². The highest BCUT2D eigenvalue weighted by Gasteiger charge is 2.14. The van der Waals surface area contributed by atoms with Crippen molar-refractivity contribution in [2.24, 2.45) is 0 Å². The Morgan fingerprint density at radius 2 is 2.29 bits per heavy atom. The minimum atomic E-state index is -0.612. The van der Waals surface area contributed by atoms with Crippen LogP contribution in [-0.4, -0.2) is 12.0 Å². The lowest BCUT2D eigenvalue weighted by Gasteiger charge is -2.06. The Balaban J connectivity index is 3.17. The van der Waals surface area contributed by atoms with Crippen molar-refractivity contribution in [3.8, 4) is 5.75 Å². The Morgan fingerprint density at radius 1 is 1.64 bits per heavy atom. The minimum Gasteiger partial charge on any atom is -0.493 e. The van der Waals surface area contributed by atoms with Gasteiger partial charge < -0.3 is 4.74 Å². The second kappa shape index (κ2) is 4.36. The van der Waals surface area contributed by atoms with E-state index in [0.717, 1.165) is 0 Å². The third-order valence-electron chi connectivity index (χ3n) is 1.59. The molecule has 14 heavy (non-hydrogen) atoms. The fourth-order valence-corrected chi connectivity index (χ4v) is 1.58. The third kappa shape index (κ3) is 2.41. The lowest BCUT2D eigenvalue weighted by Crippen LogP contribution is -2.02. The van der Waals surface area contributed by atoms with E-state index < -0.39 is 17.3 Å². The van der Waals surface area contributed by atoms with Gasteiger partial charge in [-0.25, -0.2) is 4.39 Å². The van der Waals surface area contributed by atoms with Gasteiger partial charge in [0.15, 0.2) is 11.6 Å². The van der Waals surface area contributed by atoms with Crippen LogP contribution in [-0.2, 0) is 6.54 Å². The molecule has 0 radical (unpaired) electrons. The van der Waals surface area contributed by atoms with Gasteiger partial charge in [0.1, 0.15) is 0 Å². The summed E-state index contributed by atoms with van der Waals surface area (Å²) in [4.78, 5) is 9.73. The van der Waals surface area contributed by atoms with Crippen molar-refractivity contribution in [2.45, 2.75) is 6.54 Å². The first kappa shape index (κ1) is 10.9. The fraction of sp³-hybridized carbons (Fsp3) is 0.250. The van der Waals surface area contributed by atoms with E-state index in [1.165, 1.54) is 19.2 Å². The molecule has 0 saturated carbocycles. The van der Waals surface area contributed by atoms with E-state index in [9.17, 15) is 14.5 Å². The molecule has 76 valence electrons. The Hall–Kier alpha value is -1.17. The van der Waals surface area contributed by atoms with Gasteiger partial charge in [-0.15, -0.1) is 0 Å². The van der Waals surface area contributed by atoms with Crippen LogP contribution in [0.3, 0.4) is 0 Å². The van der Waals surface area contributed by atoms with Crippen LogP contribution in [0, 0.1) is 15.9 Å². The van der Waals surface area contributed by atoms with E-state index in [1.807, 2.05) is 0 Å². The number of hydrogen-bond acceptors (Lipinski definition) is 3. The zero-order valence-electron chi connectivity index (χ0n) is 7.29. The first-order chi connectivity index (χ1) is 6.54. The summed E-state index contributed by atoms with van der Waals surface area (Å²) in [5, 5.41) is 10.3. The first-order valence-corrected chi connectivity index (χ1v) is 4.47. The summed E-state index contributed by atoms with van der Waals surface area (Å²) in [6.45, 7) is -0.459. The quantitative estimate of drug-likeness (QED) is 0.622. The summed E-state index contributed by atoms with van der Waals surface area (Å²) in [7, 11) is 1.27.